The smallest absolute Gasteiger partial charge is 0.462 e. The molecule has 0 saturated heterocycles. The average Bonchev–Trinajstić information content (AvgIpc) is 3.11. The summed E-state index contributed by atoms with van der Waals surface area (Å²) in [4.78, 5) is 42.9. The van der Waals surface area contributed by atoms with E-state index in [1.165, 1.54) is 154 Å². The molecular weight excluding hydrogens is 675 g/mol. The van der Waals surface area contributed by atoms with E-state index in [0.717, 1.165) is 38.5 Å². The third-order valence-corrected chi connectivity index (χ3v) is 10.3. The van der Waals surface area contributed by atoms with E-state index in [-0.39, 0.29) is 19.4 Å². The van der Waals surface area contributed by atoms with Crippen LogP contribution in [0.2, 0.25) is 0 Å². The summed E-state index contributed by atoms with van der Waals surface area (Å²) in [7, 11) is -4.75. The lowest BCUT2D eigenvalue weighted by Gasteiger charge is -2.18. The van der Waals surface area contributed by atoms with Gasteiger partial charge in [-0.2, -0.15) is 0 Å². The number of rotatable bonds is 41. The van der Waals surface area contributed by atoms with Crippen LogP contribution in [0.25, 0.3) is 0 Å². The van der Waals surface area contributed by atoms with Gasteiger partial charge in [0.05, 0.1) is 6.61 Å². The molecule has 0 unspecified atom stereocenters. The van der Waals surface area contributed by atoms with E-state index in [0.29, 0.717) is 12.8 Å². The van der Waals surface area contributed by atoms with Crippen LogP contribution >= 0.6 is 7.82 Å². The summed E-state index contributed by atoms with van der Waals surface area (Å²) in [5.74, 6) is -0.897. The molecule has 0 aliphatic rings. The van der Waals surface area contributed by atoms with Crippen LogP contribution in [-0.2, 0) is 28.2 Å². The molecule has 0 heterocycles. The molecule has 0 rings (SSSR count). The standard InChI is InChI=1S/C43H83O8P/c1-3-5-7-9-11-13-15-17-19-20-21-22-24-26-28-30-32-34-36-38-43(45)51-41(40-50-52(46,47)48)39-49-42(44)37-35-33-31-29-27-25-23-18-16-14-12-10-8-6-4-2/h27,29,41H,3-26,28,30-40H2,1-2H3,(H2,46,47,48)/b29-27+/t41-/m1/s1. The minimum absolute atomic E-state index is 0.214. The van der Waals surface area contributed by atoms with Crippen LogP contribution in [-0.4, -0.2) is 41.0 Å². The lowest BCUT2D eigenvalue weighted by Crippen LogP contribution is -2.29. The fourth-order valence-electron chi connectivity index (χ4n) is 6.49. The SMILES string of the molecule is CCCCCCCCCCC/C=C/CCCCC(=O)OC[C@H](COP(=O)(O)O)OC(=O)CCCCCCCCCCCCCCCCCCCCC. The van der Waals surface area contributed by atoms with Gasteiger partial charge in [0.25, 0.3) is 0 Å². The van der Waals surface area contributed by atoms with Crippen molar-refractivity contribution in [3.8, 4) is 0 Å². The van der Waals surface area contributed by atoms with Gasteiger partial charge in [-0.05, 0) is 38.5 Å². The van der Waals surface area contributed by atoms with E-state index in [4.69, 9.17) is 19.3 Å². The first-order chi connectivity index (χ1) is 25.3. The Morgan fingerprint density at radius 1 is 0.481 bits per heavy atom. The van der Waals surface area contributed by atoms with Gasteiger partial charge in [-0.25, -0.2) is 4.57 Å². The molecule has 9 heteroatoms. The minimum atomic E-state index is -4.75. The number of ether oxygens (including phenoxy) is 2. The molecule has 0 aromatic rings. The highest BCUT2D eigenvalue weighted by Crippen LogP contribution is 2.36. The van der Waals surface area contributed by atoms with Crippen LogP contribution in [0, 0.1) is 0 Å². The van der Waals surface area contributed by atoms with Gasteiger partial charge >= 0.3 is 19.8 Å². The van der Waals surface area contributed by atoms with Crippen LogP contribution in [0.4, 0.5) is 0 Å². The van der Waals surface area contributed by atoms with Crippen molar-refractivity contribution in [1.29, 1.82) is 0 Å². The molecule has 0 aliphatic heterocycles. The van der Waals surface area contributed by atoms with Crippen LogP contribution < -0.4 is 0 Å². The van der Waals surface area contributed by atoms with E-state index in [9.17, 15) is 14.2 Å². The minimum Gasteiger partial charge on any atom is -0.462 e. The van der Waals surface area contributed by atoms with Gasteiger partial charge in [0, 0.05) is 12.8 Å². The third kappa shape index (κ3) is 41.5. The second kappa shape index (κ2) is 39.5. The van der Waals surface area contributed by atoms with Crippen molar-refractivity contribution in [2.24, 2.45) is 0 Å². The second-order valence-electron chi connectivity index (χ2n) is 15.0. The Hall–Kier alpha value is -1.21. The maximum Gasteiger partial charge on any atom is 0.469 e. The van der Waals surface area contributed by atoms with E-state index < -0.39 is 32.5 Å². The molecule has 52 heavy (non-hydrogen) atoms. The lowest BCUT2D eigenvalue weighted by molar-refractivity contribution is -0.161. The molecule has 0 fully saturated rings. The number of esters is 2. The molecule has 1 atom stereocenters. The first-order valence-electron chi connectivity index (χ1n) is 22.0. The average molecular weight is 759 g/mol. The zero-order valence-electron chi connectivity index (χ0n) is 34.0. The zero-order chi connectivity index (χ0) is 38.2. The molecular formula is C43H83O8P. The summed E-state index contributed by atoms with van der Waals surface area (Å²) >= 11 is 0. The number of hydrogen-bond acceptors (Lipinski definition) is 6. The van der Waals surface area contributed by atoms with E-state index in [1.54, 1.807) is 0 Å². The topological polar surface area (TPSA) is 119 Å². The molecule has 0 radical (unpaired) electrons. The van der Waals surface area contributed by atoms with Crippen molar-refractivity contribution in [3.05, 3.63) is 12.2 Å². The van der Waals surface area contributed by atoms with Gasteiger partial charge in [0.1, 0.15) is 6.61 Å². The van der Waals surface area contributed by atoms with Crippen molar-refractivity contribution in [3.63, 3.8) is 0 Å². The molecule has 308 valence electrons. The van der Waals surface area contributed by atoms with E-state index >= 15 is 0 Å². The second-order valence-corrected chi connectivity index (χ2v) is 16.3. The summed E-state index contributed by atoms with van der Waals surface area (Å²) in [6.07, 6.45) is 43.7. The molecule has 0 saturated carbocycles. The maximum absolute atomic E-state index is 12.4. The van der Waals surface area contributed by atoms with Crippen LogP contribution in [0.1, 0.15) is 232 Å². The summed E-state index contributed by atoms with van der Waals surface area (Å²) in [6.45, 7) is 3.70. The summed E-state index contributed by atoms with van der Waals surface area (Å²) < 4.78 is 26.4. The highest BCUT2D eigenvalue weighted by atomic mass is 31.2. The summed E-state index contributed by atoms with van der Waals surface area (Å²) in [5, 5.41) is 0. The van der Waals surface area contributed by atoms with Crippen molar-refractivity contribution in [1.82, 2.24) is 0 Å². The Balaban J connectivity index is 3.87. The number of allylic oxidation sites excluding steroid dienone is 2. The van der Waals surface area contributed by atoms with Gasteiger partial charge in [0.2, 0.25) is 0 Å². The van der Waals surface area contributed by atoms with Crippen LogP contribution in [0.5, 0.6) is 0 Å². The Morgan fingerprint density at radius 3 is 1.21 bits per heavy atom. The molecule has 0 amide bonds. The number of carbonyl (C=O) groups excluding carboxylic acids is 2. The number of phosphoric acid groups is 1. The van der Waals surface area contributed by atoms with Gasteiger partial charge in [-0.15, -0.1) is 0 Å². The van der Waals surface area contributed by atoms with Crippen LogP contribution in [0.3, 0.4) is 0 Å². The Bertz CT molecular complexity index is 858. The largest absolute Gasteiger partial charge is 0.469 e. The number of phosphoric ester groups is 1. The van der Waals surface area contributed by atoms with Crippen molar-refractivity contribution < 1.29 is 37.9 Å². The van der Waals surface area contributed by atoms with Crippen molar-refractivity contribution in [2.45, 2.75) is 238 Å². The summed E-state index contributed by atoms with van der Waals surface area (Å²) in [5.41, 5.74) is 0. The molecule has 0 aromatic carbocycles. The lowest BCUT2D eigenvalue weighted by atomic mass is 10.0. The van der Waals surface area contributed by atoms with Crippen molar-refractivity contribution in [2.75, 3.05) is 13.2 Å². The van der Waals surface area contributed by atoms with Crippen LogP contribution in [0.15, 0.2) is 12.2 Å². The fourth-order valence-corrected chi connectivity index (χ4v) is 6.85. The number of carbonyl (C=O) groups is 2. The maximum atomic E-state index is 12.4. The molecule has 0 aliphatic carbocycles. The molecule has 2 N–H and O–H groups in total. The Kier molecular flexibility index (Phi) is 38.6. The van der Waals surface area contributed by atoms with E-state index in [1.807, 2.05) is 0 Å². The highest BCUT2D eigenvalue weighted by molar-refractivity contribution is 7.46. The quantitative estimate of drug-likeness (QED) is 0.0274. The molecule has 0 bridgehead atoms. The number of unbranched alkanes of at least 4 members (excludes halogenated alkanes) is 29. The predicted octanol–water partition coefficient (Wildman–Crippen LogP) is 13.4. The van der Waals surface area contributed by atoms with E-state index in [2.05, 4.69) is 30.5 Å². The van der Waals surface area contributed by atoms with Gasteiger partial charge in [0.15, 0.2) is 6.10 Å². The first-order valence-corrected chi connectivity index (χ1v) is 23.5. The highest BCUT2D eigenvalue weighted by Gasteiger charge is 2.22. The van der Waals surface area contributed by atoms with Gasteiger partial charge in [-0.1, -0.05) is 193 Å². The monoisotopic (exact) mass is 759 g/mol. The molecule has 0 spiro atoms. The van der Waals surface area contributed by atoms with Gasteiger partial charge in [-0.3, -0.25) is 14.1 Å². The van der Waals surface area contributed by atoms with Gasteiger partial charge < -0.3 is 19.3 Å². The third-order valence-electron chi connectivity index (χ3n) is 9.78. The first kappa shape index (κ1) is 50.8. The predicted molar refractivity (Wildman–Crippen MR) is 216 cm³/mol. The zero-order valence-corrected chi connectivity index (χ0v) is 34.9. The molecule has 8 nitrogen and oxygen atoms in total. The fraction of sp³-hybridized carbons (Fsp3) is 0.907. The number of hydrogen-bond donors (Lipinski definition) is 2. The molecule has 0 aromatic heterocycles. The summed E-state index contributed by atoms with van der Waals surface area (Å²) in [6, 6.07) is 0. The normalized spacial score (nSPS) is 12.5. The Morgan fingerprint density at radius 2 is 0.808 bits per heavy atom. The Labute approximate surface area is 320 Å². The van der Waals surface area contributed by atoms with Crippen molar-refractivity contribution >= 4 is 19.8 Å².